The van der Waals surface area contributed by atoms with Crippen molar-refractivity contribution >= 4 is 17.9 Å². The van der Waals surface area contributed by atoms with Crippen LogP contribution in [0.2, 0.25) is 5.02 Å². The second-order valence-corrected chi connectivity index (χ2v) is 13.1. The van der Waals surface area contributed by atoms with Crippen LogP contribution in [0.1, 0.15) is 58.3 Å². The van der Waals surface area contributed by atoms with Crippen LogP contribution in [0, 0.1) is 19.3 Å². The van der Waals surface area contributed by atoms with E-state index in [1.54, 1.807) is 24.5 Å². The molecule has 0 amide bonds. The molecule has 2 aliphatic heterocycles. The number of hydrogen-bond donors (Lipinski definition) is 0. The molecule has 3 heterocycles. The van der Waals surface area contributed by atoms with Gasteiger partial charge in [0.25, 0.3) is 0 Å². The number of rotatable bonds is 13. The molecule has 8 heteroatoms. The largest absolute Gasteiger partial charge is 0.493 e. The van der Waals surface area contributed by atoms with E-state index in [2.05, 4.69) is 54.1 Å². The van der Waals surface area contributed by atoms with E-state index in [9.17, 15) is 4.79 Å². The number of likely N-dealkylation sites (tertiary alicyclic amines) is 1. The molecule has 0 saturated carbocycles. The molecule has 0 aliphatic carbocycles. The summed E-state index contributed by atoms with van der Waals surface area (Å²) in [4.78, 5) is 18.4. The van der Waals surface area contributed by atoms with Gasteiger partial charge in [0.15, 0.2) is 6.29 Å². The number of carbonyl (C=O) groups excluding carboxylic acids is 1. The number of aldehydes is 1. The number of carbonyl (C=O) groups is 1. The van der Waals surface area contributed by atoms with E-state index in [0.717, 1.165) is 84.7 Å². The van der Waals surface area contributed by atoms with Gasteiger partial charge in [0.2, 0.25) is 0 Å². The first-order chi connectivity index (χ1) is 22.9. The molecule has 2 fully saturated rings. The average Bonchev–Trinajstić information content (AvgIpc) is 3.55. The standard InChI is InChI=1S/C39H43ClN2O5/c1-28-31(26-47-38-22-37(32(24-43)21-35(38)40)46-25-30-7-5-15-41-23-30)8-3-9-33(28)34-10-4-11-36(29(34)2)45-19-6-16-42-17-12-39(13-18-42)14-20-44-27-39/h3-5,7-11,15,21-24H,6,12-14,16-20,25-27H2,1-2H3. The third-order valence-corrected chi connectivity index (χ3v) is 9.99. The van der Waals surface area contributed by atoms with Gasteiger partial charge in [-0.1, -0.05) is 48.0 Å². The van der Waals surface area contributed by atoms with Crippen molar-refractivity contribution < 1.29 is 23.7 Å². The van der Waals surface area contributed by atoms with Gasteiger partial charge in [-0.15, -0.1) is 0 Å². The lowest BCUT2D eigenvalue weighted by molar-refractivity contribution is 0.0781. The highest BCUT2D eigenvalue weighted by Crippen LogP contribution is 2.39. The highest BCUT2D eigenvalue weighted by Gasteiger charge is 2.37. The lowest BCUT2D eigenvalue weighted by Gasteiger charge is -2.38. The number of ether oxygens (including phenoxy) is 4. The van der Waals surface area contributed by atoms with Gasteiger partial charge in [-0.2, -0.15) is 0 Å². The quantitative estimate of drug-likeness (QED) is 0.106. The first kappa shape index (κ1) is 33.0. The van der Waals surface area contributed by atoms with Crippen LogP contribution in [0.25, 0.3) is 11.1 Å². The molecule has 0 N–H and O–H groups in total. The lowest BCUT2D eigenvalue weighted by Crippen LogP contribution is -2.41. The minimum absolute atomic E-state index is 0.272. The van der Waals surface area contributed by atoms with Crippen molar-refractivity contribution in [3.05, 3.63) is 106 Å². The third kappa shape index (κ3) is 7.98. The number of piperidine rings is 1. The Labute approximate surface area is 282 Å². The fourth-order valence-electron chi connectivity index (χ4n) is 6.64. The van der Waals surface area contributed by atoms with Crippen molar-refractivity contribution in [3.63, 3.8) is 0 Å². The predicted molar refractivity (Wildman–Crippen MR) is 185 cm³/mol. The van der Waals surface area contributed by atoms with E-state index < -0.39 is 0 Å². The highest BCUT2D eigenvalue weighted by molar-refractivity contribution is 6.32. The Hall–Kier alpha value is -3.91. The zero-order valence-corrected chi connectivity index (χ0v) is 28.1. The van der Waals surface area contributed by atoms with Crippen LogP contribution in [0.3, 0.4) is 0 Å². The Morgan fingerprint density at radius 1 is 0.894 bits per heavy atom. The highest BCUT2D eigenvalue weighted by atomic mass is 35.5. The van der Waals surface area contributed by atoms with Crippen LogP contribution in [-0.4, -0.2) is 55.6 Å². The maximum Gasteiger partial charge on any atom is 0.153 e. The Morgan fingerprint density at radius 2 is 1.68 bits per heavy atom. The molecule has 1 spiro atoms. The van der Waals surface area contributed by atoms with Crippen LogP contribution in [0.4, 0.5) is 0 Å². The molecule has 1 aromatic heterocycles. The third-order valence-electron chi connectivity index (χ3n) is 9.69. The van der Waals surface area contributed by atoms with E-state index in [0.29, 0.717) is 40.7 Å². The molecule has 0 radical (unpaired) electrons. The lowest BCUT2D eigenvalue weighted by atomic mass is 9.78. The summed E-state index contributed by atoms with van der Waals surface area (Å²) < 4.78 is 24.2. The summed E-state index contributed by atoms with van der Waals surface area (Å²) in [6, 6.07) is 19.5. The van der Waals surface area contributed by atoms with Crippen LogP contribution in [-0.2, 0) is 18.0 Å². The molecule has 0 atom stereocenters. The van der Waals surface area contributed by atoms with Gasteiger partial charge >= 0.3 is 0 Å². The summed E-state index contributed by atoms with van der Waals surface area (Å²) in [5, 5.41) is 0.350. The van der Waals surface area contributed by atoms with Gasteiger partial charge < -0.3 is 23.8 Å². The van der Waals surface area contributed by atoms with Crippen molar-refractivity contribution in [2.45, 2.75) is 52.7 Å². The number of pyridine rings is 1. The summed E-state index contributed by atoms with van der Waals surface area (Å²) in [5.74, 6) is 1.78. The summed E-state index contributed by atoms with van der Waals surface area (Å²) in [7, 11) is 0. The molecule has 0 unspecified atom stereocenters. The monoisotopic (exact) mass is 654 g/mol. The van der Waals surface area contributed by atoms with Gasteiger partial charge in [-0.25, -0.2) is 0 Å². The molecule has 2 saturated heterocycles. The summed E-state index contributed by atoms with van der Waals surface area (Å²) >= 11 is 6.52. The molecular weight excluding hydrogens is 612 g/mol. The number of aromatic nitrogens is 1. The molecule has 246 valence electrons. The maximum atomic E-state index is 11.7. The summed E-state index contributed by atoms with van der Waals surface area (Å²) in [5.41, 5.74) is 7.26. The van der Waals surface area contributed by atoms with E-state index in [1.807, 2.05) is 18.2 Å². The van der Waals surface area contributed by atoms with Gasteiger partial charge in [0.1, 0.15) is 30.5 Å². The van der Waals surface area contributed by atoms with Crippen molar-refractivity contribution in [2.24, 2.45) is 5.41 Å². The normalized spacial score (nSPS) is 15.9. The molecule has 6 rings (SSSR count). The van der Waals surface area contributed by atoms with E-state index in [4.69, 9.17) is 30.5 Å². The molecule has 47 heavy (non-hydrogen) atoms. The first-order valence-corrected chi connectivity index (χ1v) is 16.9. The van der Waals surface area contributed by atoms with Crippen molar-refractivity contribution in [3.8, 4) is 28.4 Å². The Bertz CT molecular complexity index is 1660. The minimum Gasteiger partial charge on any atom is -0.493 e. The molecule has 4 aromatic rings. The van der Waals surface area contributed by atoms with Gasteiger partial charge in [0, 0.05) is 37.2 Å². The van der Waals surface area contributed by atoms with Crippen LogP contribution in [0.15, 0.2) is 73.1 Å². The average molecular weight is 655 g/mol. The Kier molecular flexibility index (Phi) is 10.8. The Balaban J connectivity index is 1.07. The summed E-state index contributed by atoms with van der Waals surface area (Å²) in [6.45, 7) is 10.8. The number of hydrogen-bond acceptors (Lipinski definition) is 7. The fourth-order valence-corrected chi connectivity index (χ4v) is 6.86. The van der Waals surface area contributed by atoms with E-state index >= 15 is 0 Å². The van der Waals surface area contributed by atoms with Crippen LogP contribution < -0.4 is 14.2 Å². The van der Waals surface area contributed by atoms with Gasteiger partial charge in [-0.3, -0.25) is 9.78 Å². The number of benzene rings is 3. The van der Waals surface area contributed by atoms with Crippen molar-refractivity contribution in [1.29, 1.82) is 0 Å². The molecular formula is C39H43ClN2O5. The molecule has 2 aliphatic rings. The molecule has 7 nitrogen and oxygen atoms in total. The second-order valence-electron chi connectivity index (χ2n) is 12.7. The second kappa shape index (κ2) is 15.3. The van der Waals surface area contributed by atoms with Crippen molar-refractivity contribution in [1.82, 2.24) is 9.88 Å². The number of halogens is 1. The van der Waals surface area contributed by atoms with Crippen LogP contribution >= 0.6 is 11.6 Å². The predicted octanol–water partition coefficient (Wildman–Crippen LogP) is 8.26. The zero-order valence-electron chi connectivity index (χ0n) is 27.3. The fraction of sp³-hybridized carbons (Fsp3) is 0.385. The zero-order chi connectivity index (χ0) is 32.6. The maximum absolute atomic E-state index is 11.7. The topological polar surface area (TPSA) is 70.1 Å². The van der Waals surface area contributed by atoms with Crippen molar-refractivity contribution in [2.75, 3.05) is 39.5 Å². The van der Waals surface area contributed by atoms with Crippen LogP contribution in [0.5, 0.6) is 17.2 Å². The van der Waals surface area contributed by atoms with E-state index in [1.165, 1.54) is 19.3 Å². The first-order valence-electron chi connectivity index (χ1n) is 16.5. The van der Waals surface area contributed by atoms with Gasteiger partial charge in [-0.05, 0) is 104 Å². The van der Waals surface area contributed by atoms with Gasteiger partial charge in [0.05, 0.1) is 23.8 Å². The Morgan fingerprint density at radius 3 is 2.43 bits per heavy atom. The smallest absolute Gasteiger partial charge is 0.153 e. The SMILES string of the molecule is Cc1c(COc2cc(OCc3cccnc3)c(C=O)cc2Cl)cccc1-c1cccc(OCCCN2CCC3(CCOC3)CC2)c1C. The summed E-state index contributed by atoms with van der Waals surface area (Å²) in [6.07, 6.45) is 8.90. The minimum atomic E-state index is 0.272. The van der Waals surface area contributed by atoms with E-state index in [-0.39, 0.29) is 6.61 Å². The molecule has 3 aromatic carbocycles. The molecule has 0 bridgehead atoms. The number of nitrogens with zero attached hydrogens (tertiary/aromatic N) is 2.